The Bertz CT molecular complexity index is 577. The minimum atomic E-state index is -3.19. The predicted molar refractivity (Wildman–Crippen MR) is 72.2 cm³/mol. The number of hydrogen-bond acceptors (Lipinski definition) is 2. The Morgan fingerprint density at radius 1 is 1.17 bits per heavy atom. The minimum Gasteiger partial charge on any atom is -0.267 e. The summed E-state index contributed by atoms with van der Waals surface area (Å²) in [6.45, 7) is 0. The molecule has 96 valence electrons. The average molecular weight is 263 g/mol. The van der Waals surface area contributed by atoms with Crippen LogP contribution >= 0.6 is 0 Å². The van der Waals surface area contributed by atoms with Crippen molar-refractivity contribution in [2.24, 2.45) is 5.92 Å². The Morgan fingerprint density at radius 3 is 2.56 bits per heavy atom. The highest BCUT2D eigenvalue weighted by atomic mass is 32.2. The quantitative estimate of drug-likeness (QED) is 0.822. The zero-order valence-electron chi connectivity index (χ0n) is 10.4. The molecule has 0 saturated heterocycles. The van der Waals surface area contributed by atoms with Gasteiger partial charge in [-0.15, -0.1) is 0 Å². The van der Waals surface area contributed by atoms with Crippen molar-refractivity contribution in [2.75, 3.05) is 6.26 Å². The molecule has 0 unspecified atom stereocenters. The van der Waals surface area contributed by atoms with E-state index in [1.54, 1.807) is 4.31 Å². The molecule has 2 aliphatic rings. The average Bonchev–Trinajstić information content (AvgIpc) is 2.87. The lowest BCUT2D eigenvalue weighted by Gasteiger charge is -2.27. The lowest BCUT2D eigenvalue weighted by Crippen LogP contribution is -2.35. The summed E-state index contributed by atoms with van der Waals surface area (Å²) in [7, 11) is -3.19. The fourth-order valence-electron chi connectivity index (χ4n) is 3.17. The molecule has 0 aromatic heterocycles. The SMILES string of the molecule is CS(=O)(=O)N1C(c2ccccc2)=C[C@@H]2CCC[C@@H]21. The van der Waals surface area contributed by atoms with Gasteiger partial charge in [-0.3, -0.25) is 4.31 Å². The van der Waals surface area contributed by atoms with Crippen LogP contribution in [0.4, 0.5) is 0 Å². The Hall–Kier alpha value is -1.29. The van der Waals surface area contributed by atoms with Gasteiger partial charge in [0.1, 0.15) is 0 Å². The van der Waals surface area contributed by atoms with Crippen LogP contribution in [0, 0.1) is 5.92 Å². The summed E-state index contributed by atoms with van der Waals surface area (Å²) in [6, 6.07) is 9.95. The van der Waals surface area contributed by atoms with Gasteiger partial charge < -0.3 is 0 Å². The van der Waals surface area contributed by atoms with E-state index in [2.05, 4.69) is 6.08 Å². The number of sulfonamides is 1. The van der Waals surface area contributed by atoms with Crippen molar-refractivity contribution in [3.63, 3.8) is 0 Å². The molecule has 1 fully saturated rings. The lowest BCUT2D eigenvalue weighted by atomic mass is 10.1. The van der Waals surface area contributed by atoms with Gasteiger partial charge in [0.25, 0.3) is 0 Å². The second-order valence-electron chi connectivity index (χ2n) is 5.14. The third-order valence-corrected chi connectivity index (χ3v) is 5.05. The molecular formula is C14H17NO2S. The van der Waals surface area contributed by atoms with Crippen molar-refractivity contribution in [1.82, 2.24) is 4.31 Å². The predicted octanol–water partition coefficient (Wildman–Crippen LogP) is 2.47. The molecule has 2 atom stereocenters. The third kappa shape index (κ3) is 1.85. The van der Waals surface area contributed by atoms with E-state index in [4.69, 9.17) is 0 Å². The number of rotatable bonds is 2. The highest BCUT2D eigenvalue weighted by molar-refractivity contribution is 7.88. The molecule has 18 heavy (non-hydrogen) atoms. The van der Waals surface area contributed by atoms with Crippen LogP contribution in [0.3, 0.4) is 0 Å². The maximum atomic E-state index is 12.0. The Kier molecular flexibility index (Phi) is 2.70. The van der Waals surface area contributed by atoms with Crippen LogP contribution in [0.15, 0.2) is 36.4 Å². The number of hydrogen-bond donors (Lipinski definition) is 0. The molecular weight excluding hydrogens is 246 g/mol. The first-order valence-corrected chi connectivity index (χ1v) is 8.19. The smallest absolute Gasteiger partial charge is 0.232 e. The van der Waals surface area contributed by atoms with Crippen LogP contribution in [0.1, 0.15) is 24.8 Å². The molecule has 0 amide bonds. The van der Waals surface area contributed by atoms with Gasteiger partial charge in [0.05, 0.1) is 18.0 Å². The van der Waals surface area contributed by atoms with E-state index >= 15 is 0 Å². The molecule has 0 radical (unpaired) electrons. The van der Waals surface area contributed by atoms with Crippen molar-refractivity contribution < 1.29 is 8.42 Å². The molecule has 3 nitrogen and oxygen atoms in total. The lowest BCUT2D eigenvalue weighted by molar-refractivity contribution is 0.404. The van der Waals surface area contributed by atoms with Crippen molar-refractivity contribution in [1.29, 1.82) is 0 Å². The van der Waals surface area contributed by atoms with Gasteiger partial charge >= 0.3 is 0 Å². The van der Waals surface area contributed by atoms with E-state index in [0.29, 0.717) is 5.92 Å². The Morgan fingerprint density at radius 2 is 1.89 bits per heavy atom. The molecule has 4 heteroatoms. The largest absolute Gasteiger partial charge is 0.267 e. The van der Waals surface area contributed by atoms with Crippen molar-refractivity contribution in [2.45, 2.75) is 25.3 Å². The second-order valence-corrected chi connectivity index (χ2v) is 7.00. The van der Waals surface area contributed by atoms with Crippen LogP contribution in [-0.4, -0.2) is 25.0 Å². The van der Waals surface area contributed by atoms with Gasteiger partial charge in [-0.25, -0.2) is 8.42 Å². The molecule has 0 spiro atoms. The summed E-state index contributed by atoms with van der Waals surface area (Å²) < 4.78 is 25.7. The van der Waals surface area contributed by atoms with Crippen LogP contribution in [0.5, 0.6) is 0 Å². The van der Waals surface area contributed by atoms with Gasteiger partial charge in [0, 0.05) is 5.92 Å². The monoisotopic (exact) mass is 263 g/mol. The summed E-state index contributed by atoms with van der Waals surface area (Å²) in [5.74, 6) is 0.398. The standard InChI is InChI=1S/C14H17NO2S/c1-18(16,17)15-13-9-5-8-12(13)10-14(15)11-6-3-2-4-7-11/h2-4,6-7,10,12-13H,5,8-9H2,1H3/t12-,13-/m0/s1. The normalized spacial score (nSPS) is 27.2. The van der Waals surface area contributed by atoms with E-state index in [-0.39, 0.29) is 6.04 Å². The fraction of sp³-hybridized carbons (Fsp3) is 0.429. The first-order valence-electron chi connectivity index (χ1n) is 6.34. The summed E-state index contributed by atoms with van der Waals surface area (Å²) in [5.41, 5.74) is 1.87. The highest BCUT2D eigenvalue weighted by Gasteiger charge is 2.42. The van der Waals surface area contributed by atoms with Gasteiger partial charge in [0.2, 0.25) is 10.0 Å². The first kappa shape index (κ1) is 11.8. The van der Waals surface area contributed by atoms with E-state index in [9.17, 15) is 8.42 Å². The maximum absolute atomic E-state index is 12.0. The van der Waals surface area contributed by atoms with Gasteiger partial charge in [-0.2, -0.15) is 0 Å². The van der Waals surface area contributed by atoms with Crippen LogP contribution in [0.25, 0.3) is 5.70 Å². The highest BCUT2D eigenvalue weighted by Crippen LogP contribution is 2.43. The summed E-state index contributed by atoms with van der Waals surface area (Å²) >= 11 is 0. The zero-order valence-corrected chi connectivity index (χ0v) is 11.2. The van der Waals surface area contributed by atoms with Gasteiger partial charge in [-0.1, -0.05) is 42.8 Å². The molecule has 0 bridgehead atoms. The van der Waals surface area contributed by atoms with E-state index in [0.717, 1.165) is 30.5 Å². The molecule has 1 saturated carbocycles. The van der Waals surface area contributed by atoms with Crippen LogP contribution in [-0.2, 0) is 10.0 Å². The Labute approximate surface area is 108 Å². The molecule has 1 aromatic rings. The van der Waals surface area contributed by atoms with Crippen LogP contribution in [0.2, 0.25) is 0 Å². The van der Waals surface area contributed by atoms with E-state index in [1.165, 1.54) is 6.26 Å². The summed E-state index contributed by atoms with van der Waals surface area (Å²) in [6.07, 6.45) is 6.66. The number of fused-ring (bicyclic) bond motifs is 1. The van der Waals surface area contributed by atoms with Crippen molar-refractivity contribution >= 4 is 15.7 Å². The molecule has 0 N–H and O–H groups in total. The van der Waals surface area contributed by atoms with Crippen molar-refractivity contribution in [3.8, 4) is 0 Å². The summed E-state index contributed by atoms with van der Waals surface area (Å²) in [5, 5.41) is 0. The maximum Gasteiger partial charge on any atom is 0.232 e. The first-order chi connectivity index (χ1) is 8.57. The topological polar surface area (TPSA) is 37.4 Å². The fourth-order valence-corrected chi connectivity index (χ4v) is 4.44. The Balaban J connectivity index is 2.07. The van der Waals surface area contributed by atoms with E-state index < -0.39 is 10.0 Å². The molecule has 1 heterocycles. The van der Waals surface area contributed by atoms with Gasteiger partial charge in [0.15, 0.2) is 0 Å². The third-order valence-electron chi connectivity index (χ3n) is 3.87. The van der Waals surface area contributed by atoms with E-state index in [1.807, 2.05) is 30.3 Å². The summed E-state index contributed by atoms with van der Waals surface area (Å²) in [4.78, 5) is 0. The van der Waals surface area contributed by atoms with Crippen LogP contribution < -0.4 is 0 Å². The molecule has 1 aliphatic carbocycles. The minimum absolute atomic E-state index is 0.148. The number of nitrogens with zero attached hydrogens (tertiary/aromatic N) is 1. The van der Waals surface area contributed by atoms with Crippen molar-refractivity contribution in [3.05, 3.63) is 42.0 Å². The molecule has 3 rings (SSSR count). The molecule has 1 aliphatic heterocycles. The van der Waals surface area contributed by atoms with Gasteiger partial charge in [-0.05, 0) is 18.4 Å². The number of benzene rings is 1. The molecule has 1 aromatic carbocycles. The second kappa shape index (κ2) is 4.12. The zero-order chi connectivity index (χ0) is 12.8.